The summed E-state index contributed by atoms with van der Waals surface area (Å²) < 4.78 is 32.6. The molecular weight excluding hydrogens is 512 g/mol. The maximum absolute atomic E-state index is 13.1. The van der Waals surface area contributed by atoms with Crippen LogP contribution in [0.5, 0.6) is 0 Å². The molecule has 0 bridgehead atoms. The van der Waals surface area contributed by atoms with Crippen LogP contribution in [0.25, 0.3) is 0 Å². The number of sulfonamides is 1. The highest BCUT2D eigenvalue weighted by atomic mass is 35.5. The van der Waals surface area contributed by atoms with Crippen LogP contribution in [0.1, 0.15) is 28.8 Å². The molecule has 3 aromatic carbocycles. The van der Waals surface area contributed by atoms with Crippen molar-refractivity contribution in [2.75, 3.05) is 31.0 Å². The molecule has 0 atom stereocenters. The summed E-state index contributed by atoms with van der Waals surface area (Å²) in [5.41, 5.74) is 1.65. The van der Waals surface area contributed by atoms with Gasteiger partial charge in [-0.2, -0.15) is 0 Å². The Morgan fingerprint density at radius 1 is 0.973 bits per heavy atom. The number of hydrogen-bond acceptors (Lipinski definition) is 5. The van der Waals surface area contributed by atoms with Gasteiger partial charge in [0.25, 0.3) is 15.9 Å². The molecule has 9 heteroatoms. The maximum atomic E-state index is 13.1. The van der Waals surface area contributed by atoms with Gasteiger partial charge in [-0.1, -0.05) is 60.1 Å². The minimum absolute atomic E-state index is 0.0421. The molecular formula is C28H29ClN2O5S. The number of para-hydroxylation sites is 1. The van der Waals surface area contributed by atoms with E-state index in [1.165, 1.54) is 30.8 Å². The Kier molecular flexibility index (Phi) is 8.51. The summed E-state index contributed by atoms with van der Waals surface area (Å²) in [6, 6.07) is 22.7. The van der Waals surface area contributed by atoms with Crippen molar-refractivity contribution >= 4 is 39.2 Å². The van der Waals surface area contributed by atoms with Gasteiger partial charge < -0.3 is 9.64 Å². The van der Waals surface area contributed by atoms with Crippen molar-refractivity contribution in [2.45, 2.75) is 24.2 Å². The van der Waals surface area contributed by atoms with Crippen LogP contribution in [0.2, 0.25) is 5.02 Å². The van der Waals surface area contributed by atoms with Crippen molar-refractivity contribution in [3.8, 4) is 0 Å². The number of anilines is 1. The molecule has 0 unspecified atom stereocenters. The average molecular weight is 541 g/mol. The van der Waals surface area contributed by atoms with E-state index in [4.69, 9.17) is 16.3 Å². The van der Waals surface area contributed by atoms with Crippen LogP contribution in [-0.4, -0.2) is 51.9 Å². The van der Waals surface area contributed by atoms with Crippen molar-refractivity contribution in [3.05, 3.63) is 95.0 Å². The van der Waals surface area contributed by atoms with Crippen LogP contribution in [-0.2, 0) is 26.0 Å². The molecule has 0 radical (unpaired) electrons. The number of benzene rings is 3. The van der Waals surface area contributed by atoms with Gasteiger partial charge in [0.05, 0.1) is 21.2 Å². The first kappa shape index (κ1) is 26.7. The van der Waals surface area contributed by atoms with Crippen molar-refractivity contribution in [3.63, 3.8) is 0 Å². The molecule has 1 aliphatic rings. The zero-order valence-electron chi connectivity index (χ0n) is 20.5. The zero-order chi connectivity index (χ0) is 26.4. The van der Waals surface area contributed by atoms with Gasteiger partial charge in [-0.25, -0.2) is 13.2 Å². The number of likely N-dealkylation sites (tertiary alicyclic amines) is 1. The molecule has 3 aromatic rings. The number of ether oxygens (including phenoxy) is 1. The van der Waals surface area contributed by atoms with Gasteiger partial charge in [-0.3, -0.25) is 9.10 Å². The smallest absolute Gasteiger partial charge is 0.340 e. The fourth-order valence-corrected chi connectivity index (χ4v) is 5.80. The van der Waals surface area contributed by atoms with Crippen LogP contribution >= 0.6 is 11.6 Å². The third kappa shape index (κ3) is 6.50. The molecule has 194 valence electrons. The Hall–Kier alpha value is -3.36. The van der Waals surface area contributed by atoms with Crippen molar-refractivity contribution in [1.82, 2.24) is 4.90 Å². The maximum Gasteiger partial charge on any atom is 0.340 e. The molecule has 1 aliphatic heterocycles. The second-order valence-electron chi connectivity index (χ2n) is 9.04. The van der Waals surface area contributed by atoms with Gasteiger partial charge in [0, 0.05) is 20.1 Å². The lowest BCUT2D eigenvalue weighted by Crippen LogP contribution is -2.41. The molecule has 1 heterocycles. The van der Waals surface area contributed by atoms with E-state index in [1.54, 1.807) is 35.2 Å². The van der Waals surface area contributed by atoms with Crippen molar-refractivity contribution in [2.24, 2.45) is 5.92 Å². The first-order chi connectivity index (χ1) is 17.8. The molecule has 0 N–H and O–H groups in total. The summed E-state index contributed by atoms with van der Waals surface area (Å²) in [5, 5.41) is 0.0421. The molecule has 4 rings (SSSR count). The third-order valence-corrected chi connectivity index (χ3v) is 8.71. The first-order valence-corrected chi connectivity index (χ1v) is 13.9. The summed E-state index contributed by atoms with van der Waals surface area (Å²) in [5.74, 6) is -0.626. The number of esters is 1. The summed E-state index contributed by atoms with van der Waals surface area (Å²) in [6.07, 6.45) is 2.75. The predicted molar refractivity (Wildman–Crippen MR) is 143 cm³/mol. The highest BCUT2D eigenvalue weighted by Crippen LogP contribution is 2.26. The number of carbonyl (C=O) groups is 2. The molecule has 0 aliphatic carbocycles. The number of rotatable bonds is 8. The number of amides is 1. The largest absolute Gasteiger partial charge is 0.452 e. The molecule has 0 spiro atoms. The predicted octanol–water partition coefficient (Wildman–Crippen LogP) is 4.80. The second-order valence-corrected chi connectivity index (χ2v) is 11.4. The van der Waals surface area contributed by atoms with E-state index in [9.17, 15) is 18.0 Å². The van der Waals surface area contributed by atoms with E-state index in [-0.39, 0.29) is 21.4 Å². The fourth-order valence-electron chi connectivity index (χ4n) is 4.39. The Bertz CT molecular complexity index is 1340. The molecule has 1 amide bonds. The summed E-state index contributed by atoms with van der Waals surface area (Å²) >= 11 is 6.18. The van der Waals surface area contributed by atoms with E-state index in [2.05, 4.69) is 12.1 Å². The lowest BCUT2D eigenvalue weighted by atomic mass is 9.90. The van der Waals surface area contributed by atoms with Crippen LogP contribution in [0.3, 0.4) is 0 Å². The SMILES string of the molecule is CN(c1ccccc1)S(=O)(=O)c1ccc(Cl)c(C(=O)OCC(=O)N2CCC(Cc3ccccc3)CC2)c1. The van der Waals surface area contributed by atoms with Gasteiger partial charge in [0.1, 0.15) is 0 Å². The van der Waals surface area contributed by atoms with Crippen LogP contribution in [0.4, 0.5) is 5.69 Å². The molecule has 7 nitrogen and oxygen atoms in total. The molecule has 0 saturated carbocycles. The molecule has 1 fully saturated rings. The first-order valence-electron chi connectivity index (χ1n) is 12.1. The molecule has 0 aromatic heterocycles. The number of hydrogen-bond donors (Lipinski definition) is 0. The summed E-state index contributed by atoms with van der Waals surface area (Å²) in [6.45, 7) is 0.780. The number of nitrogens with zero attached hydrogens (tertiary/aromatic N) is 2. The van der Waals surface area contributed by atoms with Crippen LogP contribution < -0.4 is 4.31 Å². The van der Waals surface area contributed by atoms with E-state index >= 15 is 0 Å². The van der Waals surface area contributed by atoms with E-state index in [1.807, 2.05) is 18.2 Å². The van der Waals surface area contributed by atoms with Crippen molar-refractivity contribution in [1.29, 1.82) is 0 Å². The summed E-state index contributed by atoms with van der Waals surface area (Å²) in [7, 11) is -2.52. The Morgan fingerprint density at radius 2 is 1.59 bits per heavy atom. The van der Waals surface area contributed by atoms with Gasteiger partial charge >= 0.3 is 5.97 Å². The number of halogens is 1. The number of carbonyl (C=O) groups excluding carboxylic acids is 2. The molecule has 1 saturated heterocycles. The lowest BCUT2D eigenvalue weighted by Gasteiger charge is -2.32. The monoisotopic (exact) mass is 540 g/mol. The van der Waals surface area contributed by atoms with Gasteiger partial charge in [0.15, 0.2) is 6.61 Å². The van der Waals surface area contributed by atoms with E-state index < -0.39 is 22.6 Å². The summed E-state index contributed by atoms with van der Waals surface area (Å²) in [4.78, 5) is 27.0. The Balaban J connectivity index is 1.34. The standard InChI is InChI=1S/C28H29ClN2O5S/c1-30(23-10-6-3-7-11-23)37(34,35)24-12-13-26(29)25(19-24)28(33)36-20-27(32)31-16-14-22(15-17-31)18-21-8-4-2-5-9-21/h2-13,19,22H,14-18,20H2,1H3. The zero-order valence-corrected chi connectivity index (χ0v) is 22.1. The minimum Gasteiger partial charge on any atom is -0.452 e. The van der Waals surface area contributed by atoms with E-state index in [0.29, 0.717) is 24.7 Å². The van der Waals surface area contributed by atoms with Crippen molar-refractivity contribution < 1.29 is 22.7 Å². The normalized spacial score (nSPS) is 14.3. The van der Waals surface area contributed by atoms with Gasteiger partial charge in [-0.15, -0.1) is 0 Å². The third-order valence-electron chi connectivity index (χ3n) is 6.60. The average Bonchev–Trinajstić information content (AvgIpc) is 2.92. The van der Waals surface area contributed by atoms with Gasteiger partial charge in [0.2, 0.25) is 0 Å². The van der Waals surface area contributed by atoms with Gasteiger partial charge in [-0.05, 0) is 61.1 Å². The topological polar surface area (TPSA) is 84.0 Å². The second kappa shape index (κ2) is 11.8. The highest BCUT2D eigenvalue weighted by Gasteiger charge is 2.26. The Labute approximate surface area is 222 Å². The van der Waals surface area contributed by atoms with Crippen LogP contribution in [0, 0.1) is 5.92 Å². The number of piperidine rings is 1. The minimum atomic E-state index is -3.95. The molecule has 37 heavy (non-hydrogen) atoms. The van der Waals surface area contributed by atoms with E-state index in [0.717, 1.165) is 23.6 Å². The quantitative estimate of drug-likeness (QED) is 0.383. The fraction of sp³-hybridized carbons (Fsp3) is 0.286. The van der Waals surface area contributed by atoms with Crippen LogP contribution in [0.15, 0.2) is 83.8 Å². The Morgan fingerprint density at radius 3 is 2.24 bits per heavy atom. The highest BCUT2D eigenvalue weighted by molar-refractivity contribution is 7.92. The lowest BCUT2D eigenvalue weighted by molar-refractivity contribution is -0.135.